The van der Waals surface area contributed by atoms with Gasteiger partial charge in [-0.15, -0.1) is 0 Å². The van der Waals surface area contributed by atoms with Crippen LogP contribution in [-0.2, 0) is 11.2 Å². The van der Waals surface area contributed by atoms with Crippen molar-refractivity contribution in [3.05, 3.63) is 21.7 Å². The Balaban J connectivity index is 2.20. The fourth-order valence-corrected chi connectivity index (χ4v) is 2.54. The summed E-state index contributed by atoms with van der Waals surface area (Å²) < 4.78 is 12.0. The van der Waals surface area contributed by atoms with Crippen molar-refractivity contribution < 1.29 is 19.4 Å². The van der Waals surface area contributed by atoms with E-state index in [2.05, 4.69) is 15.9 Å². The van der Waals surface area contributed by atoms with Crippen molar-refractivity contribution in [2.75, 3.05) is 13.2 Å². The van der Waals surface area contributed by atoms with Gasteiger partial charge < -0.3 is 14.6 Å². The van der Waals surface area contributed by atoms with Crippen LogP contribution in [0.2, 0.25) is 0 Å². The molecular formula is C13H15BrO4. The number of carboxylic acids is 1. The van der Waals surface area contributed by atoms with Crippen molar-refractivity contribution in [3.8, 4) is 11.5 Å². The second-order valence-corrected chi connectivity index (χ2v) is 5.04. The molecule has 0 aromatic heterocycles. The van der Waals surface area contributed by atoms with Crippen LogP contribution in [0.5, 0.6) is 11.5 Å². The summed E-state index contributed by atoms with van der Waals surface area (Å²) >= 11 is 3.52. The summed E-state index contributed by atoms with van der Waals surface area (Å²) in [7, 11) is 0. The van der Waals surface area contributed by atoms with Gasteiger partial charge in [-0.2, -0.15) is 0 Å². The maximum Gasteiger partial charge on any atom is 0.303 e. The summed E-state index contributed by atoms with van der Waals surface area (Å²) in [5.74, 6) is 0.731. The van der Waals surface area contributed by atoms with E-state index in [1.165, 1.54) is 0 Å². The van der Waals surface area contributed by atoms with E-state index in [1.54, 1.807) is 0 Å². The Kier molecular flexibility index (Phi) is 4.11. The van der Waals surface area contributed by atoms with E-state index in [9.17, 15) is 4.79 Å². The van der Waals surface area contributed by atoms with Crippen LogP contribution in [0.15, 0.2) is 10.5 Å². The topological polar surface area (TPSA) is 55.8 Å². The van der Waals surface area contributed by atoms with E-state index in [4.69, 9.17) is 14.6 Å². The molecule has 0 unspecified atom stereocenters. The number of carboxylic acid groups (broad SMARTS) is 1. The molecular weight excluding hydrogens is 300 g/mol. The van der Waals surface area contributed by atoms with Crippen molar-refractivity contribution >= 4 is 21.9 Å². The fourth-order valence-electron chi connectivity index (χ4n) is 1.98. The number of hydrogen-bond donors (Lipinski definition) is 1. The van der Waals surface area contributed by atoms with Gasteiger partial charge in [0.05, 0.1) is 4.47 Å². The molecule has 1 aliphatic heterocycles. The number of ether oxygens (including phenoxy) is 2. The maximum atomic E-state index is 10.5. The van der Waals surface area contributed by atoms with Crippen LogP contribution in [-0.4, -0.2) is 24.3 Å². The molecule has 0 spiro atoms. The quantitative estimate of drug-likeness (QED) is 0.928. The molecule has 1 aromatic carbocycles. The lowest BCUT2D eigenvalue weighted by Crippen LogP contribution is -2.16. The van der Waals surface area contributed by atoms with E-state index in [0.717, 1.165) is 33.5 Å². The average Bonchev–Trinajstić information content (AvgIpc) is 2.35. The summed E-state index contributed by atoms with van der Waals surface area (Å²) in [6.07, 6.45) is 1.54. The molecule has 18 heavy (non-hydrogen) atoms. The highest BCUT2D eigenvalue weighted by Gasteiger charge is 2.19. The second kappa shape index (κ2) is 5.61. The van der Waals surface area contributed by atoms with E-state index in [-0.39, 0.29) is 6.42 Å². The highest BCUT2D eigenvalue weighted by molar-refractivity contribution is 9.10. The van der Waals surface area contributed by atoms with Crippen LogP contribution in [0, 0.1) is 6.92 Å². The third kappa shape index (κ3) is 2.77. The third-order valence-electron chi connectivity index (χ3n) is 2.96. The molecule has 0 fully saturated rings. The lowest BCUT2D eigenvalue weighted by molar-refractivity contribution is -0.137. The van der Waals surface area contributed by atoms with E-state index >= 15 is 0 Å². The smallest absolute Gasteiger partial charge is 0.303 e. The van der Waals surface area contributed by atoms with Crippen LogP contribution in [0.3, 0.4) is 0 Å². The Labute approximate surface area is 114 Å². The largest absolute Gasteiger partial charge is 0.486 e. The molecule has 5 heteroatoms. The van der Waals surface area contributed by atoms with Crippen molar-refractivity contribution in [3.63, 3.8) is 0 Å². The molecule has 0 amide bonds. The van der Waals surface area contributed by atoms with E-state index in [0.29, 0.717) is 19.6 Å². The van der Waals surface area contributed by atoms with Crippen molar-refractivity contribution in [1.29, 1.82) is 0 Å². The van der Waals surface area contributed by atoms with Gasteiger partial charge in [-0.25, -0.2) is 0 Å². The molecule has 1 heterocycles. The Morgan fingerprint density at radius 1 is 1.44 bits per heavy atom. The SMILES string of the molecule is Cc1c(CCCC(=O)O)cc2c(c1Br)OCCO2. The summed E-state index contributed by atoms with van der Waals surface area (Å²) in [5.41, 5.74) is 2.19. The van der Waals surface area contributed by atoms with Gasteiger partial charge in [0.1, 0.15) is 13.2 Å². The molecule has 1 N–H and O–H groups in total. The second-order valence-electron chi connectivity index (χ2n) is 4.25. The first-order valence-corrected chi connectivity index (χ1v) is 6.68. The predicted molar refractivity (Wildman–Crippen MR) is 70.4 cm³/mol. The number of halogens is 1. The molecule has 4 nitrogen and oxygen atoms in total. The van der Waals surface area contributed by atoms with Crippen molar-refractivity contribution in [2.24, 2.45) is 0 Å². The third-order valence-corrected chi connectivity index (χ3v) is 3.92. The van der Waals surface area contributed by atoms with Gasteiger partial charge >= 0.3 is 5.97 Å². The lowest BCUT2D eigenvalue weighted by Gasteiger charge is -2.22. The van der Waals surface area contributed by atoms with Crippen LogP contribution in [0.25, 0.3) is 0 Å². The van der Waals surface area contributed by atoms with E-state index in [1.807, 2.05) is 13.0 Å². The maximum absolute atomic E-state index is 10.5. The zero-order valence-electron chi connectivity index (χ0n) is 10.2. The van der Waals surface area contributed by atoms with Gasteiger partial charge in [0.15, 0.2) is 11.5 Å². The lowest BCUT2D eigenvalue weighted by atomic mass is 10.0. The molecule has 0 atom stereocenters. The summed E-state index contributed by atoms with van der Waals surface area (Å²) in [5, 5.41) is 8.65. The number of hydrogen-bond acceptors (Lipinski definition) is 3. The monoisotopic (exact) mass is 314 g/mol. The minimum atomic E-state index is -0.760. The first-order chi connectivity index (χ1) is 8.59. The van der Waals surface area contributed by atoms with Gasteiger partial charge in [-0.1, -0.05) is 0 Å². The molecule has 0 saturated carbocycles. The summed E-state index contributed by atoms with van der Waals surface area (Å²) in [6, 6.07) is 1.95. The zero-order valence-corrected chi connectivity index (χ0v) is 11.7. The van der Waals surface area contributed by atoms with Gasteiger partial charge in [0, 0.05) is 6.42 Å². The molecule has 0 aliphatic carbocycles. The van der Waals surface area contributed by atoms with Crippen LogP contribution >= 0.6 is 15.9 Å². The highest BCUT2D eigenvalue weighted by Crippen LogP contribution is 2.41. The number of aryl methyl sites for hydroxylation is 1. The Bertz CT molecular complexity index is 471. The molecule has 0 saturated heterocycles. The number of rotatable bonds is 4. The molecule has 2 rings (SSSR count). The first kappa shape index (κ1) is 13.2. The fraction of sp³-hybridized carbons (Fsp3) is 0.462. The predicted octanol–water partition coefficient (Wildman–Crippen LogP) is 2.94. The van der Waals surface area contributed by atoms with Gasteiger partial charge in [0.25, 0.3) is 0 Å². The number of carbonyl (C=O) groups is 1. The minimum absolute atomic E-state index is 0.186. The Morgan fingerprint density at radius 3 is 2.89 bits per heavy atom. The Morgan fingerprint density at radius 2 is 2.17 bits per heavy atom. The number of benzene rings is 1. The summed E-state index contributed by atoms with van der Waals surface area (Å²) in [6.45, 7) is 3.11. The Hall–Kier alpha value is -1.23. The van der Waals surface area contributed by atoms with Gasteiger partial charge in [0.2, 0.25) is 0 Å². The highest BCUT2D eigenvalue weighted by atomic mass is 79.9. The number of aliphatic carboxylic acids is 1. The normalized spacial score (nSPS) is 13.4. The van der Waals surface area contributed by atoms with Crippen LogP contribution < -0.4 is 9.47 Å². The van der Waals surface area contributed by atoms with Crippen LogP contribution in [0.4, 0.5) is 0 Å². The van der Waals surface area contributed by atoms with Gasteiger partial charge in [-0.3, -0.25) is 4.79 Å². The average molecular weight is 315 g/mol. The molecule has 1 aliphatic rings. The van der Waals surface area contributed by atoms with Crippen LogP contribution in [0.1, 0.15) is 24.0 Å². The molecule has 0 radical (unpaired) electrons. The molecule has 98 valence electrons. The first-order valence-electron chi connectivity index (χ1n) is 5.89. The number of fused-ring (bicyclic) bond motifs is 1. The van der Waals surface area contributed by atoms with Crippen molar-refractivity contribution in [1.82, 2.24) is 0 Å². The standard InChI is InChI=1S/C13H15BrO4/c1-8-9(3-2-4-11(15)16)7-10-13(12(8)14)18-6-5-17-10/h7H,2-6H2,1H3,(H,15,16). The molecule has 1 aromatic rings. The van der Waals surface area contributed by atoms with Crippen molar-refractivity contribution in [2.45, 2.75) is 26.2 Å². The van der Waals surface area contributed by atoms with E-state index < -0.39 is 5.97 Å². The van der Waals surface area contributed by atoms with Gasteiger partial charge in [-0.05, 0) is 52.9 Å². The summed E-state index contributed by atoms with van der Waals surface area (Å²) in [4.78, 5) is 10.5. The zero-order chi connectivity index (χ0) is 13.1. The molecule has 0 bridgehead atoms. The minimum Gasteiger partial charge on any atom is -0.486 e.